The normalized spacial score (nSPS) is 10.6. The Morgan fingerprint density at radius 1 is 1.18 bits per heavy atom. The van der Waals surface area contributed by atoms with Crippen molar-refractivity contribution in [1.29, 1.82) is 0 Å². The summed E-state index contributed by atoms with van der Waals surface area (Å²) >= 11 is 0. The molecule has 1 aromatic carbocycles. The van der Waals surface area contributed by atoms with Crippen LogP contribution in [-0.2, 0) is 6.54 Å². The van der Waals surface area contributed by atoms with E-state index < -0.39 is 0 Å². The number of hydrogen-bond donors (Lipinski definition) is 2. The van der Waals surface area contributed by atoms with Crippen LogP contribution in [0.1, 0.15) is 12.5 Å². The molecule has 0 bridgehead atoms. The predicted octanol–water partition coefficient (Wildman–Crippen LogP) is 4.01. The third-order valence-corrected chi connectivity index (χ3v) is 3.62. The van der Waals surface area contributed by atoms with Crippen molar-refractivity contribution in [3.05, 3.63) is 54.4 Å². The molecule has 3 aromatic rings. The highest BCUT2D eigenvalue weighted by atomic mass is 16.2. The number of amides is 2. The number of urea groups is 1. The van der Waals surface area contributed by atoms with Gasteiger partial charge in [-0.3, -0.25) is 5.32 Å². The van der Waals surface area contributed by atoms with Crippen LogP contribution in [0.25, 0.3) is 10.9 Å². The fourth-order valence-corrected chi connectivity index (χ4v) is 2.49. The lowest BCUT2D eigenvalue weighted by molar-refractivity contribution is 0.262. The molecule has 5 heteroatoms. The maximum atomic E-state index is 12.2. The van der Waals surface area contributed by atoms with E-state index in [4.69, 9.17) is 0 Å². The van der Waals surface area contributed by atoms with Crippen molar-refractivity contribution in [1.82, 2.24) is 9.55 Å². The molecule has 0 radical (unpaired) electrons. The Labute approximate surface area is 129 Å². The number of anilines is 2. The smallest absolute Gasteiger partial charge is 0.324 e. The molecule has 2 N–H and O–H groups in total. The molecular weight excluding hydrogens is 276 g/mol. The van der Waals surface area contributed by atoms with Gasteiger partial charge in [0.1, 0.15) is 5.82 Å². The molecule has 0 aliphatic rings. The highest BCUT2D eigenvalue weighted by molar-refractivity contribution is 6.06. The van der Waals surface area contributed by atoms with Crippen molar-refractivity contribution in [3.8, 4) is 0 Å². The number of hydrogen-bond acceptors (Lipinski definition) is 2. The van der Waals surface area contributed by atoms with E-state index in [0.717, 1.165) is 28.7 Å². The molecule has 0 saturated carbocycles. The number of aromatic nitrogens is 2. The Bertz CT molecular complexity index is 822. The van der Waals surface area contributed by atoms with E-state index in [0.29, 0.717) is 5.82 Å². The Kier molecular flexibility index (Phi) is 3.78. The van der Waals surface area contributed by atoms with Gasteiger partial charge in [0.15, 0.2) is 0 Å². The van der Waals surface area contributed by atoms with E-state index in [2.05, 4.69) is 27.1 Å². The number of nitrogens with one attached hydrogen (secondary N) is 2. The number of benzene rings is 1. The van der Waals surface area contributed by atoms with Gasteiger partial charge in [0, 0.05) is 24.3 Å². The lowest BCUT2D eigenvalue weighted by Crippen LogP contribution is -2.20. The zero-order valence-corrected chi connectivity index (χ0v) is 12.6. The first-order valence-corrected chi connectivity index (χ1v) is 7.26. The highest BCUT2D eigenvalue weighted by Gasteiger charge is 2.11. The summed E-state index contributed by atoms with van der Waals surface area (Å²) in [5.41, 5.74) is 2.83. The average molecular weight is 294 g/mol. The number of carbonyl (C=O) groups is 1. The number of fused-ring (bicyclic) bond motifs is 1. The van der Waals surface area contributed by atoms with E-state index in [1.807, 2.05) is 49.5 Å². The Morgan fingerprint density at radius 2 is 2.00 bits per heavy atom. The second kappa shape index (κ2) is 5.89. The first-order chi connectivity index (χ1) is 10.7. The molecule has 0 aliphatic carbocycles. The van der Waals surface area contributed by atoms with Crippen LogP contribution in [0.15, 0.2) is 48.8 Å². The first-order valence-electron chi connectivity index (χ1n) is 7.26. The number of aryl methyl sites for hydroxylation is 2. The molecule has 3 rings (SSSR count). The number of pyridine rings is 1. The van der Waals surface area contributed by atoms with Crippen molar-refractivity contribution in [3.63, 3.8) is 0 Å². The molecule has 0 aliphatic heterocycles. The molecule has 22 heavy (non-hydrogen) atoms. The molecule has 2 amide bonds. The van der Waals surface area contributed by atoms with Gasteiger partial charge < -0.3 is 9.88 Å². The number of rotatable bonds is 3. The van der Waals surface area contributed by atoms with E-state index in [1.165, 1.54) is 0 Å². The van der Waals surface area contributed by atoms with Crippen LogP contribution in [0.4, 0.5) is 16.3 Å². The largest absolute Gasteiger partial charge is 0.346 e. The molecule has 112 valence electrons. The van der Waals surface area contributed by atoms with Crippen LogP contribution in [-0.4, -0.2) is 15.6 Å². The van der Waals surface area contributed by atoms with Gasteiger partial charge in [-0.1, -0.05) is 24.3 Å². The van der Waals surface area contributed by atoms with E-state index in [-0.39, 0.29) is 6.03 Å². The van der Waals surface area contributed by atoms with Crippen molar-refractivity contribution < 1.29 is 4.79 Å². The molecule has 0 spiro atoms. The van der Waals surface area contributed by atoms with Gasteiger partial charge in [-0.15, -0.1) is 0 Å². The second-order valence-corrected chi connectivity index (χ2v) is 5.09. The molecule has 2 heterocycles. The fourth-order valence-electron chi connectivity index (χ4n) is 2.49. The minimum atomic E-state index is -0.291. The summed E-state index contributed by atoms with van der Waals surface area (Å²) in [7, 11) is 0. The van der Waals surface area contributed by atoms with Gasteiger partial charge in [-0.05, 0) is 31.5 Å². The van der Waals surface area contributed by atoms with Crippen molar-refractivity contribution in [2.75, 3.05) is 10.6 Å². The van der Waals surface area contributed by atoms with Crippen LogP contribution in [0, 0.1) is 6.92 Å². The maximum Gasteiger partial charge on any atom is 0.324 e. The average Bonchev–Trinajstić information content (AvgIpc) is 2.88. The summed E-state index contributed by atoms with van der Waals surface area (Å²) in [6, 6.07) is 11.5. The predicted molar refractivity (Wildman–Crippen MR) is 89.2 cm³/mol. The molecule has 5 nitrogen and oxygen atoms in total. The number of para-hydroxylation sites is 1. The molecule has 0 saturated heterocycles. The summed E-state index contributed by atoms with van der Waals surface area (Å²) in [6.45, 7) is 4.84. The van der Waals surface area contributed by atoms with Crippen LogP contribution >= 0.6 is 0 Å². The SMILES string of the molecule is CCn1cc(NC(=O)Nc2ncccc2C)c2ccccc21. The van der Waals surface area contributed by atoms with Crippen molar-refractivity contribution >= 4 is 28.4 Å². The first kappa shape index (κ1) is 14.1. The van der Waals surface area contributed by atoms with Gasteiger partial charge in [0.05, 0.1) is 11.2 Å². The summed E-state index contributed by atoms with van der Waals surface area (Å²) < 4.78 is 2.11. The standard InChI is InChI=1S/C17H18N4O/c1-3-21-11-14(13-8-4-5-9-15(13)21)19-17(22)20-16-12(2)7-6-10-18-16/h4-11H,3H2,1-2H3,(H2,18,19,20,22). The van der Waals surface area contributed by atoms with Gasteiger partial charge >= 0.3 is 6.03 Å². The minimum Gasteiger partial charge on any atom is -0.346 e. The van der Waals surface area contributed by atoms with Gasteiger partial charge in [-0.25, -0.2) is 9.78 Å². The van der Waals surface area contributed by atoms with Gasteiger partial charge in [0.2, 0.25) is 0 Å². The zero-order chi connectivity index (χ0) is 15.5. The fraction of sp³-hybridized carbons (Fsp3) is 0.176. The van der Waals surface area contributed by atoms with Crippen molar-refractivity contribution in [2.24, 2.45) is 0 Å². The third kappa shape index (κ3) is 2.65. The van der Waals surface area contributed by atoms with Crippen LogP contribution in [0.2, 0.25) is 0 Å². The molecular formula is C17H18N4O. The van der Waals surface area contributed by atoms with Gasteiger partial charge in [-0.2, -0.15) is 0 Å². The van der Waals surface area contributed by atoms with Crippen LogP contribution in [0.3, 0.4) is 0 Å². The number of nitrogens with zero attached hydrogens (tertiary/aromatic N) is 2. The van der Waals surface area contributed by atoms with E-state index >= 15 is 0 Å². The lowest BCUT2D eigenvalue weighted by atomic mass is 10.2. The minimum absolute atomic E-state index is 0.291. The number of carbonyl (C=O) groups excluding carboxylic acids is 1. The Hall–Kier alpha value is -2.82. The Morgan fingerprint density at radius 3 is 2.77 bits per heavy atom. The highest BCUT2D eigenvalue weighted by Crippen LogP contribution is 2.26. The van der Waals surface area contributed by atoms with E-state index in [1.54, 1.807) is 6.20 Å². The summed E-state index contributed by atoms with van der Waals surface area (Å²) in [5, 5.41) is 6.71. The third-order valence-electron chi connectivity index (χ3n) is 3.62. The Balaban J connectivity index is 1.84. The molecule has 0 unspecified atom stereocenters. The zero-order valence-electron chi connectivity index (χ0n) is 12.6. The van der Waals surface area contributed by atoms with Crippen LogP contribution in [0.5, 0.6) is 0 Å². The quantitative estimate of drug-likeness (QED) is 0.766. The van der Waals surface area contributed by atoms with Crippen molar-refractivity contribution in [2.45, 2.75) is 20.4 Å². The molecule has 2 aromatic heterocycles. The topological polar surface area (TPSA) is 59.0 Å². The summed E-state index contributed by atoms with van der Waals surface area (Å²) in [4.78, 5) is 16.4. The maximum absolute atomic E-state index is 12.2. The second-order valence-electron chi connectivity index (χ2n) is 5.09. The molecule has 0 atom stereocenters. The summed E-state index contributed by atoms with van der Waals surface area (Å²) in [6.07, 6.45) is 3.61. The van der Waals surface area contributed by atoms with Gasteiger partial charge in [0.25, 0.3) is 0 Å². The lowest BCUT2D eigenvalue weighted by Gasteiger charge is -2.08. The van der Waals surface area contributed by atoms with E-state index in [9.17, 15) is 4.79 Å². The summed E-state index contributed by atoms with van der Waals surface area (Å²) in [5.74, 6) is 0.569. The monoisotopic (exact) mass is 294 g/mol. The molecule has 0 fully saturated rings. The van der Waals surface area contributed by atoms with Crippen LogP contribution < -0.4 is 10.6 Å².